The van der Waals surface area contributed by atoms with Gasteiger partial charge in [0, 0.05) is 17.7 Å². The lowest BCUT2D eigenvalue weighted by molar-refractivity contribution is -0.138. The molecule has 2 heterocycles. The van der Waals surface area contributed by atoms with Crippen LogP contribution >= 0.6 is 11.3 Å². The molecule has 0 aliphatic heterocycles. The fourth-order valence-corrected chi connectivity index (χ4v) is 3.74. The summed E-state index contributed by atoms with van der Waals surface area (Å²) in [5.74, 6) is -0.310. The van der Waals surface area contributed by atoms with Gasteiger partial charge in [-0.05, 0) is 31.4 Å². The topological polar surface area (TPSA) is 59.3 Å². The standard InChI is InChI=1S/C20H21F3N4OS/c1-4-13(5-2)24-16(28)11-10-15-17(14-9-7-6-8-12(14)3)25-19-27(15)26-18(29-19)20(21,22)23/h6-11,13H,4-5H2,1-3H3,(H,24,28)/b11-10+. The van der Waals surface area contributed by atoms with Crippen LogP contribution in [0.25, 0.3) is 22.3 Å². The van der Waals surface area contributed by atoms with Gasteiger partial charge in [-0.25, -0.2) is 9.50 Å². The van der Waals surface area contributed by atoms with Crippen molar-refractivity contribution in [3.8, 4) is 11.3 Å². The quantitative estimate of drug-likeness (QED) is 0.562. The fraction of sp³-hybridized carbons (Fsp3) is 0.350. The number of aromatic nitrogens is 3. The number of hydrogen-bond acceptors (Lipinski definition) is 4. The van der Waals surface area contributed by atoms with Crippen molar-refractivity contribution in [1.29, 1.82) is 0 Å². The lowest BCUT2D eigenvalue weighted by Gasteiger charge is -2.12. The highest BCUT2D eigenvalue weighted by Gasteiger charge is 2.36. The van der Waals surface area contributed by atoms with Crippen LogP contribution in [0.5, 0.6) is 0 Å². The second kappa shape index (κ2) is 8.36. The van der Waals surface area contributed by atoms with E-state index in [0.717, 1.165) is 28.5 Å². The number of rotatable bonds is 6. The molecule has 3 aromatic rings. The number of fused-ring (bicyclic) bond motifs is 1. The Balaban J connectivity index is 2.07. The third-order valence-electron chi connectivity index (χ3n) is 4.61. The second-order valence-electron chi connectivity index (χ2n) is 6.62. The van der Waals surface area contributed by atoms with Crippen molar-refractivity contribution < 1.29 is 18.0 Å². The Bertz CT molecular complexity index is 1050. The van der Waals surface area contributed by atoms with Crippen molar-refractivity contribution in [3.63, 3.8) is 0 Å². The summed E-state index contributed by atoms with van der Waals surface area (Å²) in [6.07, 6.45) is -0.178. The number of amides is 1. The largest absolute Gasteiger partial charge is 0.445 e. The zero-order chi connectivity index (χ0) is 21.2. The Labute approximate surface area is 170 Å². The van der Waals surface area contributed by atoms with Crippen LogP contribution in [0.4, 0.5) is 13.2 Å². The summed E-state index contributed by atoms with van der Waals surface area (Å²) in [6, 6.07) is 7.48. The van der Waals surface area contributed by atoms with E-state index < -0.39 is 11.2 Å². The number of hydrogen-bond donors (Lipinski definition) is 1. The van der Waals surface area contributed by atoms with E-state index in [1.54, 1.807) is 0 Å². The van der Waals surface area contributed by atoms with Crippen LogP contribution in [0.2, 0.25) is 0 Å². The van der Waals surface area contributed by atoms with Crippen LogP contribution in [0, 0.1) is 6.92 Å². The highest BCUT2D eigenvalue weighted by Crippen LogP contribution is 2.36. The first-order valence-electron chi connectivity index (χ1n) is 9.25. The molecule has 0 spiro atoms. The number of carbonyl (C=O) groups excluding carboxylic acids is 1. The number of aryl methyl sites for hydroxylation is 1. The number of alkyl halides is 3. The molecule has 1 aromatic carbocycles. The SMILES string of the molecule is CCC(CC)NC(=O)/C=C/c1c(-c2ccccc2C)nc2sc(C(F)(F)F)nn12. The number of imidazole rings is 1. The molecular weight excluding hydrogens is 401 g/mol. The summed E-state index contributed by atoms with van der Waals surface area (Å²) >= 11 is 0.473. The Kier molecular flexibility index (Phi) is 6.07. The van der Waals surface area contributed by atoms with Crippen LogP contribution in [0.1, 0.15) is 43.0 Å². The van der Waals surface area contributed by atoms with Gasteiger partial charge >= 0.3 is 6.18 Å². The molecule has 5 nitrogen and oxygen atoms in total. The molecule has 29 heavy (non-hydrogen) atoms. The summed E-state index contributed by atoms with van der Waals surface area (Å²) in [4.78, 5) is 16.8. The third-order valence-corrected chi connectivity index (χ3v) is 5.56. The van der Waals surface area contributed by atoms with Gasteiger partial charge in [0.1, 0.15) is 0 Å². The first-order valence-corrected chi connectivity index (χ1v) is 10.1. The van der Waals surface area contributed by atoms with Crippen molar-refractivity contribution in [1.82, 2.24) is 19.9 Å². The molecule has 0 unspecified atom stereocenters. The molecule has 0 aliphatic carbocycles. The Morgan fingerprint density at radius 2 is 1.97 bits per heavy atom. The van der Waals surface area contributed by atoms with Gasteiger partial charge in [0.15, 0.2) is 0 Å². The molecule has 9 heteroatoms. The zero-order valence-electron chi connectivity index (χ0n) is 16.2. The fourth-order valence-electron chi connectivity index (χ4n) is 2.96. The lowest BCUT2D eigenvalue weighted by Crippen LogP contribution is -2.32. The van der Waals surface area contributed by atoms with E-state index in [1.165, 1.54) is 12.2 Å². The van der Waals surface area contributed by atoms with E-state index in [-0.39, 0.29) is 16.9 Å². The number of carbonyl (C=O) groups is 1. The van der Waals surface area contributed by atoms with E-state index in [4.69, 9.17) is 0 Å². The second-order valence-corrected chi connectivity index (χ2v) is 7.57. The minimum Gasteiger partial charge on any atom is -0.350 e. The van der Waals surface area contributed by atoms with Gasteiger partial charge in [0.2, 0.25) is 15.9 Å². The molecule has 3 rings (SSSR count). The first-order chi connectivity index (χ1) is 13.7. The van der Waals surface area contributed by atoms with E-state index in [9.17, 15) is 18.0 Å². The monoisotopic (exact) mass is 422 g/mol. The van der Waals surface area contributed by atoms with Crippen LogP contribution < -0.4 is 5.32 Å². The number of halogens is 3. The molecule has 0 aliphatic rings. The van der Waals surface area contributed by atoms with Crippen molar-refractivity contribution >= 4 is 28.3 Å². The Morgan fingerprint density at radius 3 is 2.59 bits per heavy atom. The molecular formula is C20H21F3N4OS. The van der Waals surface area contributed by atoms with E-state index in [1.807, 2.05) is 45.0 Å². The van der Waals surface area contributed by atoms with Crippen LogP contribution in [0.3, 0.4) is 0 Å². The van der Waals surface area contributed by atoms with Crippen LogP contribution in [0.15, 0.2) is 30.3 Å². The average molecular weight is 422 g/mol. The van der Waals surface area contributed by atoms with Gasteiger partial charge in [0.25, 0.3) is 0 Å². The Hall–Kier alpha value is -2.68. The minimum absolute atomic E-state index is 0.0459. The van der Waals surface area contributed by atoms with Crippen LogP contribution in [-0.4, -0.2) is 26.5 Å². The van der Waals surface area contributed by atoms with Gasteiger partial charge in [-0.2, -0.15) is 13.2 Å². The summed E-state index contributed by atoms with van der Waals surface area (Å²) in [5, 5.41) is 5.59. The lowest BCUT2D eigenvalue weighted by atomic mass is 10.0. The van der Waals surface area contributed by atoms with E-state index in [0.29, 0.717) is 22.7 Å². The average Bonchev–Trinajstić information content (AvgIpc) is 3.23. The van der Waals surface area contributed by atoms with Crippen molar-refractivity contribution in [2.24, 2.45) is 0 Å². The summed E-state index contributed by atoms with van der Waals surface area (Å²) in [7, 11) is 0. The van der Waals surface area contributed by atoms with Gasteiger partial charge in [0.05, 0.1) is 11.4 Å². The molecule has 0 saturated heterocycles. The molecule has 154 valence electrons. The van der Waals surface area contributed by atoms with Gasteiger partial charge < -0.3 is 5.32 Å². The number of nitrogens with zero attached hydrogens (tertiary/aromatic N) is 3. The Morgan fingerprint density at radius 1 is 1.28 bits per heavy atom. The molecule has 2 aromatic heterocycles. The van der Waals surface area contributed by atoms with E-state index in [2.05, 4.69) is 15.4 Å². The maximum Gasteiger partial charge on any atom is 0.445 e. The van der Waals surface area contributed by atoms with Gasteiger partial charge in [-0.1, -0.05) is 49.4 Å². The third kappa shape index (κ3) is 4.50. The molecule has 0 atom stereocenters. The summed E-state index contributed by atoms with van der Waals surface area (Å²) in [6.45, 7) is 5.84. The van der Waals surface area contributed by atoms with Crippen LogP contribution in [-0.2, 0) is 11.0 Å². The first kappa shape index (κ1) is 21.0. The molecule has 0 radical (unpaired) electrons. The van der Waals surface area contributed by atoms with Crippen molar-refractivity contribution in [3.05, 3.63) is 46.6 Å². The molecule has 0 saturated carbocycles. The molecule has 0 fully saturated rings. The zero-order valence-corrected chi connectivity index (χ0v) is 17.1. The highest BCUT2D eigenvalue weighted by molar-refractivity contribution is 7.16. The maximum atomic E-state index is 13.1. The minimum atomic E-state index is -4.55. The highest BCUT2D eigenvalue weighted by atomic mass is 32.1. The predicted octanol–water partition coefficient (Wildman–Crippen LogP) is 5.10. The normalized spacial score (nSPS) is 12.4. The summed E-state index contributed by atoms with van der Waals surface area (Å²) < 4.78 is 40.4. The molecule has 1 amide bonds. The summed E-state index contributed by atoms with van der Waals surface area (Å²) in [5.41, 5.74) is 2.52. The smallest absolute Gasteiger partial charge is 0.350 e. The number of nitrogens with one attached hydrogen (secondary N) is 1. The molecule has 0 bridgehead atoms. The van der Waals surface area contributed by atoms with Crippen molar-refractivity contribution in [2.75, 3.05) is 0 Å². The number of benzene rings is 1. The van der Waals surface area contributed by atoms with Crippen molar-refractivity contribution in [2.45, 2.75) is 45.8 Å². The predicted molar refractivity (Wildman–Crippen MR) is 108 cm³/mol. The van der Waals surface area contributed by atoms with Gasteiger partial charge in [-0.15, -0.1) is 5.10 Å². The molecule has 1 N–H and O–H groups in total. The van der Waals surface area contributed by atoms with E-state index >= 15 is 0 Å². The van der Waals surface area contributed by atoms with Gasteiger partial charge in [-0.3, -0.25) is 4.79 Å². The maximum absolute atomic E-state index is 13.1.